The van der Waals surface area contributed by atoms with E-state index in [0.29, 0.717) is 30.3 Å². The predicted octanol–water partition coefficient (Wildman–Crippen LogP) is 2.47. The van der Waals surface area contributed by atoms with E-state index in [1.54, 1.807) is 11.0 Å². The molecule has 0 saturated carbocycles. The fourth-order valence-corrected chi connectivity index (χ4v) is 6.05. The molecule has 7 nitrogen and oxygen atoms in total. The molecule has 1 amide bonds. The molecule has 142 valence electrons. The normalized spacial score (nSPS) is 16.2. The highest BCUT2D eigenvalue weighted by atomic mass is 35.5. The molecule has 3 rings (SSSR count). The highest BCUT2D eigenvalue weighted by molar-refractivity contribution is 7.91. The average molecular weight is 418 g/mol. The first-order chi connectivity index (χ1) is 12.3. The molecule has 1 saturated heterocycles. The van der Waals surface area contributed by atoms with Gasteiger partial charge < -0.3 is 9.42 Å². The van der Waals surface area contributed by atoms with Gasteiger partial charge in [-0.3, -0.25) is 4.79 Å². The number of rotatable bonds is 5. The number of carbonyl (C=O) groups excluding carboxylic acids is 1. The number of hydrogen-bond acceptors (Lipinski definition) is 6. The van der Waals surface area contributed by atoms with Gasteiger partial charge in [0.1, 0.15) is 9.97 Å². The Kier molecular flexibility index (Phi) is 5.71. The van der Waals surface area contributed by atoms with Crippen molar-refractivity contribution in [2.24, 2.45) is 0 Å². The zero-order valence-corrected chi connectivity index (χ0v) is 17.0. The van der Waals surface area contributed by atoms with E-state index in [2.05, 4.69) is 5.16 Å². The van der Waals surface area contributed by atoms with Crippen molar-refractivity contribution in [2.45, 2.75) is 30.9 Å². The Balaban J connectivity index is 1.55. The van der Waals surface area contributed by atoms with Crippen LogP contribution >= 0.6 is 22.9 Å². The maximum Gasteiger partial charge on any atom is 0.252 e. The molecule has 0 aromatic carbocycles. The third-order valence-corrected chi connectivity index (χ3v) is 8.10. The van der Waals surface area contributed by atoms with Crippen molar-refractivity contribution < 1.29 is 17.7 Å². The molecule has 0 unspecified atom stereocenters. The van der Waals surface area contributed by atoms with Crippen LogP contribution in [0.1, 0.15) is 23.4 Å². The summed E-state index contributed by atoms with van der Waals surface area (Å²) >= 11 is 6.89. The zero-order chi connectivity index (χ0) is 18.9. The summed E-state index contributed by atoms with van der Waals surface area (Å²) in [6.45, 7) is 5.04. The lowest BCUT2D eigenvalue weighted by Crippen LogP contribution is -2.50. The summed E-state index contributed by atoms with van der Waals surface area (Å²) in [5.74, 6) is 0.752. The summed E-state index contributed by atoms with van der Waals surface area (Å²) in [6, 6.07) is 3.09. The lowest BCUT2D eigenvalue weighted by molar-refractivity contribution is -0.132. The molecular weight excluding hydrogens is 398 g/mol. The number of amides is 1. The number of piperazine rings is 1. The zero-order valence-electron chi connectivity index (χ0n) is 14.6. The minimum absolute atomic E-state index is 0.0150. The topological polar surface area (TPSA) is 83.7 Å². The van der Waals surface area contributed by atoms with Crippen LogP contribution in [0.3, 0.4) is 0 Å². The third kappa shape index (κ3) is 3.95. The van der Waals surface area contributed by atoms with Gasteiger partial charge in [0.05, 0.1) is 10.0 Å². The molecule has 2 aromatic heterocycles. The molecule has 26 heavy (non-hydrogen) atoms. The van der Waals surface area contributed by atoms with Crippen LogP contribution in [0.15, 0.2) is 20.9 Å². The van der Waals surface area contributed by atoms with Gasteiger partial charge in [-0.05, 0) is 32.4 Å². The standard InChI is InChI=1S/C16H20ClN3O4S2/c1-11-13(12(2)24-18-11)3-5-15(21)19-7-9-20(10-8-19)26(22,23)16-6-4-14(17)25-16/h4,6H,3,5,7-10H2,1-2H3. The minimum Gasteiger partial charge on any atom is -0.361 e. The molecular formula is C16H20ClN3O4S2. The Morgan fingerprint density at radius 1 is 1.27 bits per heavy atom. The van der Waals surface area contributed by atoms with Crippen molar-refractivity contribution in [3.8, 4) is 0 Å². The second-order valence-corrected chi connectivity index (χ2v) is 10.0. The van der Waals surface area contributed by atoms with Crippen LogP contribution in [0.4, 0.5) is 0 Å². The van der Waals surface area contributed by atoms with Gasteiger partial charge in [0.25, 0.3) is 10.0 Å². The number of aromatic nitrogens is 1. The van der Waals surface area contributed by atoms with Gasteiger partial charge in [-0.25, -0.2) is 8.42 Å². The number of nitrogens with zero attached hydrogens (tertiary/aromatic N) is 3. The highest BCUT2D eigenvalue weighted by Gasteiger charge is 2.31. The van der Waals surface area contributed by atoms with Crippen molar-refractivity contribution in [3.05, 3.63) is 33.5 Å². The summed E-state index contributed by atoms with van der Waals surface area (Å²) in [5.41, 5.74) is 1.77. The summed E-state index contributed by atoms with van der Waals surface area (Å²) in [5, 5.41) is 3.89. The first-order valence-electron chi connectivity index (χ1n) is 8.24. The summed E-state index contributed by atoms with van der Waals surface area (Å²) in [6.07, 6.45) is 0.933. The predicted molar refractivity (Wildman–Crippen MR) is 99.0 cm³/mol. The quantitative estimate of drug-likeness (QED) is 0.746. The van der Waals surface area contributed by atoms with E-state index in [9.17, 15) is 13.2 Å². The fraction of sp³-hybridized carbons (Fsp3) is 0.500. The van der Waals surface area contributed by atoms with Crippen LogP contribution in [-0.4, -0.2) is 54.9 Å². The van der Waals surface area contributed by atoms with E-state index in [-0.39, 0.29) is 23.2 Å². The van der Waals surface area contributed by atoms with Crippen molar-refractivity contribution in [1.29, 1.82) is 0 Å². The van der Waals surface area contributed by atoms with Gasteiger partial charge in [-0.2, -0.15) is 4.31 Å². The van der Waals surface area contributed by atoms with Gasteiger partial charge in [-0.15, -0.1) is 11.3 Å². The maximum absolute atomic E-state index is 12.6. The lowest BCUT2D eigenvalue weighted by Gasteiger charge is -2.33. The molecule has 1 fully saturated rings. The van der Waals surface area contributed by atoms with Crippen molar-refractivity contribution in [2.75, 3.05) is 26.2 Å². The van der Waals surface area contributed by atoms with Gasteiger partial charge in [-0.1, -0.05) is 16.8 Å². The van der Waals surface area contributed by atoms with Crippen LogP contribution in [0.25, 0.3) is 0 Å². The SMILES string of the molecule is Cc1noc(C)c1CCC(=O)N1CCN(S(=O)(=O)c2ccc(Cl)s2)CC1. The van der Waals surface area contributed by atoms with Crippen LogP contribution < -0.4 is 0 Å². The van der Waals surface area contributed by atoms with Gasteiger partial charge in [0.15, 0.2) is 0 Å². The number of aryl methyl sites for hydroxylation is 2. The van der Waals surface area contributed by atoms with Gasteiger partial charge in [0.2, 0.25) is 5.91 Å². The molecule has 1 aliphatic rings. The molecule has 0 bridgehead atoms. The van der Waals surface area contributed by atoms with Gasteiger partial charge >= 0.3 is 0 Å². The Bertz CT molecular complexity index is 879. The number of hydrogen-bond donors (Lipinski definition) is 0. The van der Waals surface area contributed by atoms with E-state index in [1.807, 2.05) is 13.8 Å². The number of carbonyl (C=O) groups is 1. The van der Waals surface area contributed by atoms with Gasteiger partial charge in [0, 0.05) is 38.2 Å². The molecule has 2 aromatic rings. The Labute approximate surface area is 161 Å². The van der Waals surface area contributed by atoms with Crippen molar-refractivity contribution >= 4 is 38.9 Å². The van der Waals surface area contributed by atoms with E-state index >= 15 is 0 Å². The van der Waals surface area contributed by atoms with E-state index < -0.39 is 10.0 Å². The van der Waals surface area contributed by atoms with Crippen LogP contribution in [0.5, 0.6) is 0 Å². The van der Waals surface area contributed by atoms with Crippen LogP contribution in [0.2, 0.25) is 4.34 Å². The minimum atomic E-state index is -3.54. The second-order valence-electron chi connectivity index (χ2n) is 6.15. The first kappa shape index (κ1) is 19.3. The number of sulfonamides is 1. The molecule has 0 aliphatic carbocycles. The Morgan fingerprint density at radius 2 is 1.96 bits per heavy atom. The molecule has 3 heterocycles. The smallest absolute Gasteiger partial charge is 0.252 e. The van der Waals surface area contributed by atoms with Crippen LogP contribution in [-0.2, 0) is 21.2 Å². The summed E-state index contributed by atoms with van der Waals surface area (Å²) < 4.78 is 32.4. The second kappa shape index (κ2) is 7.67. The number of halogens is 1. The molecule has 0 atom stereocenters. The third-order valence-electron chi connectivity index (χ3n) is 4.50. The van der Waals surface area contributed by atoms with E-state index in [1.165, 1.54) is 10.4 Å². The maximum atomic E-state index is 12.6. The molecule has 1 aliphatic heterocycles. The van der Waals surface area contributed by atoms with Crippen molar-refractivity contribution in [1.82, 2.24) is 14.4 Å². The summed E-state index contributed by atoms with van der Waals surface area (Å²) in [7, 11) is -3.54. The van der Waals surface area contributed by atoms with E-state index in [4.69, 9.17) is 16.1 Å². The highest BCUT2D eigenvalue weighted by Crippen LogP contribution is 2.28. The molecule has 0 radical (unpaired) electrons. The monoisotopic (exact) mass is 417 g/mol. The average Bonchev–Trinajstić information content (AvgIpc) is 3.19. The molecule has 0 N–H and O–H groups in total. The largest absolute Gasteiger partial charge is 0.361 e. The molecule has 10 heteroatoms. The Hall–Kier alpha value is -1.42. The van der Waals surface area contributed by atoms with Crippen molar-refractivity contribution in [3.63, 3.8) is 0 Å². The molecule has 0 spiro atoms. The summed E-state index contributed by atoms with van der Waals surface area (Å²) in [4.78, 5) is 14.2. The fourth-order valence-electron chi connectivity index (χ4n) is 2.99. The first-order valence-corrected chi connectivity index (χ1v) is 10.9. The van der Waals surface area contributed by atoms with Crippen LogP contribution in [0, 0.1) is 13.8 Å². The van der Waals surface area contributed by atoms with E-state index in [0.717, 1.165) is 28.4 Å². The lowest BCUT2D eigenvalue weighted by atomic mass is 10.1. The number of thiophene rings is 1. The Morgan fingerprint density at radius 3 is 2.50 bits per heavy atom.